The summed E-state index contributed by atoms with van der Waals surface area (Å²) in [6.07, 6.45) is 1.28. The third-order valence-corrected chi connectivity index (χ3v) is 7.37. The van der Waals surface area contributed by atoms with Crippen LogP contribution < -0.4 is 4.57 Å². The van der Waals surface area contributed by atoms with Gasteiger partial charge in [-0.25, -0.2) is 13.3 Å². The van der Waals surface area contributed by atoms with Crippen molar-refractivity contribution < 1.29 is 23.2 Å². The van der Waals surface area contributed by atoms with E-state index in [1.807, 2.05) is 67.6 Å². The zero-order valence-corrected chi connectivity index (χ0v) is 20.7. The average molecular weight is 505 g/mol. The maximum Gasteiger partial charge on any atom is 0.219 e. The van der Waals surface area contributed by atoms with Crippen LogP contribution >= 0.6 is 0 Å². The molecule has 0 N–H and O–H groups in total. The van der Waals surface area contributed by atoms with Crippen molar-refractivity contribution in [3.05, 3.63) is 114 Å². The normalized spacial score (nSPS) is 13.7. The molecule has 0 unspecified atom stereocenters. The van der Waals surface area contributed by atoms with Gasteiger partial charge in [0.05, 0.1) is 12.5 Å². The van der Waals surface area contributed by atoms with E-state index in [0.717, 1.165) is 21.7 Å². The minimum Gasteiger partial charge on any atom is -0.454 e. The van der Waals surface area contributed by atoms with Gasteiger partial charge in [0.25, 0.3) is 0 Å². The Morgan fingerprint density at radius 1 is 0.737 bits per heavy atom. The topological polar surface area (TPSA) is 17.0 Å². The number of nitrogens with zero attached hydrogens (tertiary/aromatic N) is 1. The van der Waals surface area contributed by atoms with Gasteiger partial charge in [0.15, 0.2) is 6.20 Å². The molecule has 0 amide bonds. The van der Waals surface area contributed by atoms with Crippen molar-refractivity contribution in [3.63, 3.8) is 0 Å². The molecule has 2 aromatic heterocycles. The SMILES string of the molecule is [2H]c1c(-c2c(F)ccc3c2oc2c(-c4cc(F)c(C([2H])([2H])[2H])c[n+]4C)c(C)ccc23)c2ccccc2c2ccccc12. The minimum atomic E-state index is -2.61. The number of hydrogen-bond acceptors (Lipinski definition) is 1. The maximum absolute atomic E-state index is 16.0. The van der Waals surface area contributed by atoms with E-state index >= 15 is 8.78 Å². The van der Waals surface area contributed by atoms with E-state index < -0.39 is 18.5 Å². The number of aryl methyl sites for hydroxylation is 3. The molecule has 0 spiro atoms. The van der Waals surface area contributed by atoms with Crippen LogP contribution in [-0.4, -0.2) is 0 Å². The van der Waals surface area contributed by atoms with Gasteiger partial charge in [0, 0.05) is 26.5 Å². The lowest BCUT2D eigenvalue weighted by molar-refractivity contribution is -0.661. The van der Waals surface area contributed by atoms with E-state index in [4.69, 9.17) is 8.53 Å². The van der Waals surface area contributed by atoms with Crippen LogP contribution in [0, 0.1) is 25.4 Å². The van der Waals surface area contributed by atoms with Gasteiger partial charge in [0.1, 0.15) is 29.8 Å². The molecule has 0 radical (unpaired) electrons. The third kappa shape index (κ3) is 3.20. The van der Waals surface area contributed by atoms with Crippen LogP contribution in [0.3, 0.4) is 0 Å². The fourth-order valence-corrected chi connectivity index (χ4v) is 5.56. The van der Waals surface area contributed by atoms with Crippen LogP contribution in [0.1, 0.15) is 16.6 Å². The van der Waals surface area contributed by atoms with Gasteiger partial charge >= 0.3 is 0 Å². The summed E-state index contributed by atoms with van der Waals surface area (Å²) in [4.78, 5) is 0. The molecule has 0 aliphatic heterocycles. The molecule has 0 saturated carbocycles. The summed E-state index contributed by atoms with van der Waals surface area (Å²) < 4.78 is 71.5. The molecule has 184 valence electrons. The number of hydrogen-bond donors (Lipinski definition) is 0. The quantitative estimate of drug-likeness (QED) is 0.170. The molecule has 38 heavy (non-hydrogen) atoms. The lowest BCUT2D eigenvalue weighted by atomic mass is 9.92. The standard InChI is InChI=1S/C34H24F2NO/c1-19-12-13-25-26-14-15-28(35)32(27-16-21-8-4-5-9-22(21)23-10-6-7-11-24(23)27)34(26)38-33(25)31(19)30-17-29(36)20(2)18-37(30)3/h4-18H,1-3H3/q+1/i2D3,16D. The van der Waals surface area contributed by atoms with Gasteiger partial charge in [0.2, 0.25) is 5.69 Å². The molecular formula is C34H24F2NO+. The molecule has 0 atom stereocenters. The van der Waals surface area contributed by atoms with Gasteiger partial charge in [-0.05, 0) is 64.6 Å². The second-order valence-electron chi connectivity index (χ2n) is 9.66. The molecule has 7 rings (SSSR count). The summed E-state index contributed by atoms with van der Waals surface area (Å²) in [5.41, 5.74) is 2.72. The molecule has 7 aromatic rings. The lowest BCUT2D eigenvalue weighted by Gasteiger charge is -2.12. The predicted molar refractivity (Wildman–Crippen MR) is 150 cm³/mol. The minimum absolute atomic E-state index is 0.188. The molecule has 5 aromatic carbocycles. The number of halogens is 2. The van der Waals surface area contributed by atoms with Crippen molar-refractivity contribution in [2.24, 2.45) is 7.05 Å². The van der Waals surface area contributed by atoms with Crippen LogP contribution in [0.2, 0.25) is 0 Å². The van der Waals surface area contributed by atoms with Gasteiger partial charge in [-0.2, -0.15) is 0 Å². The van der Waals surface area contributed by atoms with Gasteiger partial charge in [-0.15, -0.1) is 0 Å². The van der Waals surface area contributed by atoms with Gasteiger partial charge in [-0.1, -0.05) is 60.7 Å². The van der Waals surface area contributed by atoms with Crippen molar-refractivity contribution >= 4 is 43.5 Å². The van der Waals surface area contributed by atoms with Crippen LogP contribution in [0.15, 0.2) is 95.5 Å². The Hall–Kier alpha value is -4.57. The Balaban J connectivity index is 1.59. The maximum atomic E-state index is 16.0. The zero-order chi connectivity index (χ0) is 29.5. The Kier molecular flexibility index (Phi) is 4.03. The number of furan rings is 1. The van der Waals surface area contributed by atoms with E-state index in [1.165, 1.54) is 18.3 Å². The first-order valence-electron chi connectivity index (χ1n) is 14.3. The summed E-state index contributed by atoms with van der Waals surface area (Å²) in [6, 6.07) is 23.5. The zero-order valence-electron chi connectivity index (χ0n) is 24.7. The largest absolute Gasteiger partial charge is 0.454 e. The number of rotatable bonds is 2. The van der Waals surface area contributed by atoms with Crippen LogP contribution in [0.4, 0.5) is 8.78 Å². The summed E-state index contributed by atoms with van der Waals surface area (Å²) in [6.45, 7) is -0.748. The van der Waals surface area contributed by atoms with Crippen molar-refractivity contribution in [1.29, 1.82) is 0 Å². The van der Waals surface area contributed by atoms with Crippen LogP contribution in [0.25, 0.3) is 65.9 Å². The van der Waals surface area contributed by atoms with E-state index in [0.29, 0.717) is 38.6 Å². The third-order valence-electron chi connectivity index (χ3n) is 7.37. The summed E-state index contributed by atoms with van der Waals surface area (Å²) in [5, 5.41) is 4.60. The highest BCUT2D eigenvalue weighted by atomic mass is 19.1. The van der Waals surface area contributed by atoms with Crippen molar-refractivity contribution in [3.8, 4) is 22.4 Å². The molecule has 0 aliphatic rings. The Morgan fingerprint density at radius 3 is 2.21 bits per heavy atom. The fourth-order valence-electron chi connectivity index (χ4n) is 5.56. The summed E-state index contributed by atoms with van der Waals surface area (Å²) in [5.74, 6) is -1.36. The Morgan fingerprint density at radius 2 is 1.42 bits per heavy atom. The van der Waals surface area contributed by atoms with E-state index in [2.05, 4.69) is 0 Å². The second-order valence-corrected chi connectivity index (χ2v) is 9.66. The smallest absolute Gasteiger partial charge is 0.219 e. The summed E-state index contributed by atoms with van der Waals surface area (Å²) in [7, 11) is 1.66. The van der Waals surface area contributed by atoms with Gasteiger partial charge < -0.3 is 4.42 Å². The highest BCUT2D eigenvalue weighted by Gasteiger charge is 2.25. The second kappa shape index (κ2) is 8.22. The number of benzene rings is 5. The molecular weight excluding hydrogens is 476 g/mol. The van der Waals surface area contributed by atoms with Crippen molar-refractivity contribution in [2.75, 3.05) is 0 Å². The van der Waals surface area contributed by atoms with E-state index in [-0.39, 0.29) is 22.8 Å². The highest BCUT2D eigenvalue weighted by Crippen LogP contribution is 2.44. The highest BCUT2D eigenvalue weighted by molar-refractivity contribution is 6.18. The lowest BCUT2D eigenvalue weighted by Crippen LogP contribution is -2.31. The molecule has 0 bridgehead atoms. The first-order valence-corrected chi connectivity index (χ1v) is 12.3. The first-order chi connectivity index (χ1) is 20.1. The van der Waals surface area contributed by atoms with E-state index in [9.17, 15) is 1.37 Å². The number of aromatic nitrogens is 1. The molecule has 0 saturated heterocycles. The van der Waals surface area contributed by atoms with Crippen LogP contribution in [0.5, 0.6) is 0 Å². The number of pyridine rings is 1. The molecule has 0 fully saturated rings. The predicted octanol–water partition coefficient (Wildman–Crippen LogP) is 8.95. The molecule has 4 heteroatoms. The molecule has 0 aliphatic carbocycles. The van der Waals surface area contributed by atoms with Crippen LogP contribution in [-0.2, 0) is 7.05 Å². The van der Waals surface area contributed by atoms with Crippen molar-refractivity contribution in [1.82, 2.24) is 0 Å². The van der Waals surface area contributed by atoms with Gasteiger partial charge in [-0.3, -0.25) is 0 Å². The first kappa shape index (κ1) is 18.6. The Labute approximate surface area is 224 Å². The summed E-state index contributed by atoms with van der Waals surface area (Å²) >= 11 is 0. The number of fused-ring (bicyclic) bond motifs is 6. The Bertz CT molecular complexity index is 2250. The average Bonchev–Trinajstić information content (AvgIpc) is 3.33. The van der Waals surface area contributed by atoms with E-state index in [1.54, 1.807) is 17.7 Å². The van der Waals surface area contributed by atoms with Crippen molar-refractivity contribution in [2.45, 2.75) is 13.8 Å². The fraction of sp³-hybridized carbons (Fsp3) is 0.0882. The molecule has 2 heterocycles. The monoisotopic (exact) mass is 504 g/mol. The molecule has 2 nitrogen and oxygen atoms in total.